The third kappa shape index (κ3) is 14.1. The zero-order valence-electron chi connectivity index (χ0n) is 10.7. The molecule has 0 aromatic heterocycles. The minimum atomic E-state index is -3.91. The lowest BCUT2D eigenvalue weighted by molar-refractivity contribution is 0.479. The maximum atomic E-state index is 10.5. The van der Waals surface area contributed by atoms with E-state index in [0.717, 1.165) is 12.8 Å². The predicted molar refractivity (Wildman–Crippen MR) is 73.3 cm³/mol. The van der Waals surface area contributed by atoms with Crippen LogP contribution in [0, 0.1) is 0 Å². The zero-order valence-corrected chi connectivity index (χ0v) is 12.3. The van der Waals surface area contributed by atoms with Crippen LogP contribution in [0.3, 0.4) is 0 Å². The van der Waals surface area contributed by atoms with Gasteiger partial charge in [-0.1, -0.05) is 58.3 Å². The van der Waals surface area contributed by atoms with Crippen molar-refractivity contribution in [1.29, 1.82) is 0 Å². The van der Waals surface area contributed by atoms with Crippen molar-refractivity contribution in [2.24, 2.45) is 0 Å². The molecule has 0 radical (unpaired) electrons. The molecule has 0 saturated heterocycles. The molecule has 0 heterocycles. The normalized spacial score (nSPS) is 13.8. The maximum absolute atomic E-state index is 10.5. The Morgan fingerprint density at radius 1 is 1.00 bits per heavy atom. The number of alkyl halides is 1. The minimum Gasteiger partial charge on any atom is -0.286 e. The molecule has 0 spiro atoms. The van der Waals surface area contributed by atoms with Crippen LogP contribution in [-0.4, -0.2) is 24.1 Å². The fraction of sp³-hybridized carbons (Fsp3) is 1.00. The molecule has 0 aliphatic carbocycles. The van der Waals surface area contributed by atoms with Gasteiger partial charge in [0.05, 0.1) is 5.75 Å². The van der Waals surface area contributed by atoms with Crippen LogP contribution >= 0.6 is 11.6 Å². The van der Waals surface area contributed by atoms with Crippen molar-refractivity contribution in [3.05, 3.63) is 0 Å². The first-order chi connectivity index (χ1) is 7.95. The quantitative estimate of drug-likeness (QED) is 0.354. The Balaban J connectivity index is 3.28. The van der Waals surface area contributed by atoms with Crippen molar-refractivity contribution in [1.82, 2.24) is 0 Å². The Kier molecular flexibility index (Phi) is 10.3. The molecule has 0 bridgehead atoms. The molecule has 0 aromatic carbocycles. The van der Waals surface area contributed by atoms with Gasteiger partial charge in [-0.25, -0.2) is 0 Å². The highest BCUT2D eigenvalue weighted by atomic mass is 35.5. The van der Waals surface area contributed by atoms with Crippen molar-refractivity contribution in [3.8, 4) is 0 Å². The van der Waals surface area contributed by atoms with Gasteiger partial charge in [-0.15, -0.1) is 11.6 Å². The van der Waals surface area contributed by atoms with E-state index < -0.39 is 15.5 Å². The largest absolute Gasteiger partial charge is 0.286 e. The number of unbranched alkanes of at least 4 members (excludes halogenated alkanes) is 7. The summed E-state index contributed by atoms with van der Waals surface area (Å²) in [6.45, 7) is 2.20. The summed E-state index contributed by atoms with van der Waals surface area (Å²) in [5.41, 5.74) is 0. The molecule has 0 aliphatic rings. The molecule has 1 unspecified atom stereocenters. The summed E-state index contributed by atoms with van der Waals surface area (Å²) in [4.78, 5) is 0. The average Bonchev–Trinajstić information content (AvgIpc) is 2.19. The highest BCUT2D eigenvalue weighted by Crippen LogP contribution is 2.13. The van der Waals surface area contributed by atoms with E-state index in [-0.39, 0.29) is 5.75 Å². The second-order valence-electron chi connectivity index (χ2n) is 4.61. The van der Waals surface area contributed by atoms with Crippen molar-refractivity contribution < 1.29 is 13.0 Å². The first-order valence-corrected chi connectivity index (χ1v) is 8.59. The Morgan fingerprint density at radius 3 is 1.94 bits per heavy atom. The van der Waals surface area contributed by atoms with Crippen LogP contribution in [0.1, 0.15) is 64.7 Å². The summed E-state index contributed by atoms with van der Waals surface area (Å²) >= 11 is 5.81. The van der Waals surface area contributed by atoms with Gasteiger partial charge in [0, 0.05) is 5.38 Å². The molecule has 104 valence electrons. The topological polar surface area (TPSA) is 54.4 Å². The van der Waals surface area contributed by atoms with E-state index in [4.69, 9.17) is 16.2 Å². The van der Waals surface area contributed by atoms with E-state index in [1.54, 1.807) is 0 Å². The molecule has 0 rings (SSSR count). The van der Waals surface area contributed by atoms with Gasteiger partial charge in [0.1, 0.15) is 0 Å². The number of halogens is 1. The SMILES string of the molecule is CCCCCCCCCCC(Cl)CS(=O)(=O)O. The summed E-state index contributed by atoms with van der Waals surface area (Å²) in [6, 6.07) is 0. The first kappa shape index (κ1) is 17.2. The Morgan fingerprint density at radius 2 is 1.47 bits per heavy atom. The zero-order chi connectivity index (χ0) is 13.1. The minimum absolute atomic E-state index is 0.328. The van der Waals surface area contributed by atoms with Crippen LogP contribution in [0.2, 0.25) is 0 Å². The maximum Gasteiger partial charge on any atom is 0.266 e. The number of hydrogen-bond donors (Lipinski definition) is 1. The van der Waals surface area contributed by atoms with Crippen LogP contribution in [0.4, 0.5) is 0 Å². The lowest BCUT2D eigenvalue weighted by atomic mass is 10.1. The second kappa shape index (κ2) is 10.2. The van der Waals surface area contributed by atoms with Gasteiger partial charge in [0.2, 0.25) is 0 Å². The Labute approximate surface area is 111 Å². The van der Waals surface area contributed by atoms with Gasteiger partial charge in [0.25, 0.3) is 10.1 Å². The molecule has 5 heteroatoms. The lowest BCUT2D eigenvalue weighted by Gasteiger charge is -2.06. The highest BCUT2D eigenvalue weighted by Gasteiger charge is 2.13. The molecule has 0 aliphatic heterocycles. The average molecular weight is 285 g/mol. The van der Waals surface area contributed by atoms with E-state index in [0.29, 0.717) is 6.42 Å². The van der Waals surface area contributed by atoms with E-state index in [9.17, 15) is 8.42 Å². The fourth-order valence-corrected chi connectivity index (χ4v) is 3.07. The van der Waals surface area contributed by atoms with Gasteiger partial charge in [-0.3, -0.25) is 4.55 Å². The third-order valence-electron chi connectivity index (χ3n) is 2.76. The molecule has 0 fully saturated rings. The highest BCUT2D eigenvalue weighted by molar-refractivity contribution is 7.85. The first-order valence-electron chi connectivity index (χ1n) is 6.55. The van der Waals surface area contributed by atoms with Gasteiger partial charge >= 0.3 is 0 Å². The molecule has 0 amide bonds. The van der Waals surface area contributed by atoms with Gasteiger partial charge < -0.3 is 0 Å². The van der Waals surface area contributed by atoms with Crippen molar-refractivity contribution in [3.63, 3.8) is 0 Å². The third-order valence-corrected chi connectivity index (χ3v) is 4.14. The number of hydrogen-bond acceptors (Lipinski definition) is 2. The summed E-state index contributed by atoms with van der Waals surface area (Å²) in [6.07, 6.45) is 10.3. The number of rotatable bonds is 11. The van der Waals surface area contributed by atoms with Gasteiger partial charge in [-0.2, -0.15) is 8.42 Å². The molecule has 3 nitrogen and oxygen atoms in total. The molecular weight excluding hydrogens is 260 g/mol. The van der Waals surface area contributed by atoms with Crippen LogP contribution in [0.25, 0.3) is 0 Å². The van der Waals surface area contributed by atoms with E-state index in [1.807, 2.05) is 0 Å². The van der Waals surface area contributed by atoms with Crippen molar-refractivity contribution in [2.45, 2.75) is 70.1 Å². The van der Waals surface area contributed by atoms with E-state index >= 15 is 0 Å². The van der Waals surface area contributed by atoms with Crippen LogP contribution in [0.15, 0.2) is 0 Å². The van der Waals surface area contributed by atoms with Gasteiger partial charge in [0.15, 0.2) is 0 Å². The summed E-state index contributed by atoms with van der Waals surface area (Å²) in [5.74, 6) is -0.328. The van der Waals surface area contributed by atoms with Gasteiger partial charge in [-0.05, 0) is 6.42 Å². The molecule has 17 heavy (non-hydrogen) atoms. The molecular formula is C12H25ClO3S. The molecule has 1 N–H and O–H groups in total. The summed E-state index contributed by atoms with van der Waals surface area (Å²) in [5, 5.41) is -0.454. The van der Waals surface area contributed by atoms with Crippen LogP contribution in [0.5, 0.6) is 0 Å². The fourth-order valence-electron chi connectivity index (χ4n) is 1.81. The van der Waals surface area contributed by atoms with Crippen LogP contribution < -0.4 is 0 Å². The Hall–Kier alpha value is 0.200. The summed E-state index contributed by atoms with van der Waals surface area (Å²) in [7, 11) is -3.91. The van der Waals surface area contributed by atoms with E-state index in [1.165, 1.54) is 38.5 Å². The lowest BCUT2D eigenvalue weighted by Crippen LogP contribution is -2.15. The van der Waals surface area contributed by atoms with Crippen molar-refractivity contribution >= 4 is 21.7 Å². The molecule has 0 saturated carbocycles. The second-order valence-corrected chi connectivity index (χ2v) is 6.72. The predicted octanol–water partition coefficient (Wildman–Crippen LogP) is 4.01. The smallest absolute Gasteiger partial charge is 0.266 e. The Bertz CT molecular complexity index is 265. The molecule has 1 atom stereocenters. The van der Waals surface area contributed by atoms with Crippen molar-refractivity contribution in [2.75, 3.05) is 5.75 Å². The monoisotopic (exact) mass is 284 g/mol. The van der Waals surface area contributed by atoms with Crippen LogP contribution in [-0.2, 0) is 10.1 Å². The van der Waals surface area contributed by atoms with E-state index in [2.05, 4.69) is 6.92 Å². The summed E-state index contributed by atoms with van der Waals surface area (Å²) < 4.78 is 29.7. The molecule has 0 aromatic rings. The standard InChI is InChI=1S/C12H25ClO3S/c1-2-3-4-5-6-7-8-9-10-12(13)11-17(14,15)16/h12H,2-11H2,1H3,(H,14,15,16).